The minimum Gasteiger partial charge on any atom is -0.444 e. The van der Waals surface area contributed by atoms with E-state index in [1.165, 1.54) is 0 Å². The SMILES string of the molecule is C#COCCO.COC. The lowest BCUT2D eigenvalue weighted by atomic mass is 10.8. The maximum absolute atomic E-state index is 7.98. The first-order chi connectivity index (χ1) is 4.33. The Morgan fingerprint density at radius 3 is 2.11 bits per heavy atom. The Hall–Kier alpha value is -0.720. The molecule has 0 unspecified atom stereocenters. The molecule has 0 rings (SSSR count). The van der Waals surface area contributed by atoms with Gasteiger partial charge in [0.25, 0.3) is 0 Å². The van der Waals surface area contributed by atoms with Crippen LogP contribution in [0, 0.1) is 12.5 Å². The summed E-state index contributed by atoms with van der Waals surface area (Å²) in [6.45, 7) is 0.223. The Balaban J connectivity index is 0. The zero-order valence-corrected chi connectivity index (χ0v) is 5.76. The molecule has 1 N–H and O–H groups in total. The van der Waals surface area contributed by atoms with Gasteiger partial charge < -0.3 is 14.6 Å². The summed E-state index contributed by atoms with van der Waals surface area (Å²) in [5.74, 6) is 0. The molecule has 0 saturated carbocycles. The molecule has 0 bridgehead atoms. The normalized spacial score (nSPS) is 6.44. The number of hydrogen-bond acceptors (Lipinski definition) is 3. The summed E-state index contributed by atoms with van der Waals surface area (Å²) in [5.41, 5.74) is 0. The van der Waals surface area contributed by atoms with Crippen molar-refractivity contribution in [2.75, 3.05) is 27.4 Å². The maximum Gasteiger partial charge on any atom is 0.123 e. The van der Waals surface area contributed by atoms with Crippen LogP contribution in [-0.2, 0) is 9.47 Å². The smallest absolute Gasteiger partial charge is 0.123 e. The third-order valence-corrected chi connectivity index (χ3v) is 0.277. The van der Waals surface area contributed by atoms with Gasteiger partial charge in [-0.25, -0.2) is 0 Å². The Kier molecular flexibility index (Phi) is 19.4. The monoisotopic (exact) mass is 132 g/mol. The number of aliphatic hydroxyl groups is 1. The standard InChI is InChI=1S/C4H6O2.C2H6O/c1-2-6-4-3-5;1-3-2/h1,5H,3-4H2;1-2H3. The fraction of sp³-hybridized carbons (Fsp3) is 0.667. The van der Waals surface area contributed by atoms with E-state index >= 15 is 0 Å². The largest absolute Gasteiger partial charge is 0.444 e. The van der Waals surface area contributed by atoms with E-state index in [9.17, 15) is 0 Å². The average Bonchev–Trinajstić information content (AvgIpc) is 1.86. The van der Waals surface area contributed by atoms with Gasteiger partial charge in [-0.3, -0.25) is 0 Å². The third-order valence-electron chi connectivity index (χ3n) is 0.277. The first-order valence-electron chi connectivity index (χ1n) is 2.41. The predicted octanol–water partition coefficient (Wildman–Crippen LogP) is -0.151. The minimum absolute atomic E-state index is 0.00972. The van der Waals surface area contributed by atoms with Crippen molar-refractivity contribution in [1.82, 2.24) is 0 Å². The van der Waals surface area contributed by atoms with Crippen LogP contribution in [0.1, 0.15) is 0 Å². The van der Waals surface area contributed by atoms with Crippen molar-refractivity contribution >= 4 is 0 Å². The van der Waals surface area contributed by atoms with Crippen molar-refractivity contribution in [3.63, 3.8) is 0 Å². The van der Waals surface area contributed by atoms with Gasteiger partial charge in [0, 0.05) is 14.2 Å². The van der Waals surface area contributed by atoms with Crippen LogP contribution in [0.25, 0.3) is 0 Å². The highest BCUT2D eigenvalue weighted by atomic mass is 16.5. The van der Waals surface area contributed by atoms with Crippen molar-refractivity contribution in [3.05, 3.63) is 0 Å². The Morgan fingerprint density at radius 2 is 2.00 bits per heavy atom. The Morgan fingerprint density at radius 1 is 1.56 bits per heavy atom. The quantitative estimate of drug-likeness (QED) is 0.419. The number of methoxy groups -OCH3 is 1. The van der Waals surface area contributed by atoms with Crippen molar-refractivity contribution in [2.24, 2.45) is 0 Å². The Labute approximate surface area is 55.6 Å². The zero-order chi connectivity index (χ0) is 7.54. The van der Waals surface area contributed by atoms with Gasteiger partial charge in [-0.2, -0.15) is 0 Å². The van der Waals surface area contributed by atoms with Gasteiger partial charge in [0.15, 0.2) is 0 Å². The molecule has 3 nitrogen and oxygen atoms in total. The fourth-order valence-corrected chi connectivity index (χ4v) is 0.105. The molecule has 0 aromatic carbocycles. The van der Waals surface area contributed by atoms with E-state index in [1.54, 1.807) is 14.2 Å². The predicted molar refractivity (Wildman–Crippen MR) is 34.8 cm³/mol. The number of aliphatic hydroxyl groups excluding tert-OH is 1. The molecule has 0 aromatic rings. The van der Waals surface area contributed by atoms with E-state index in [0.29, 0.717) is 0 Å². The topological polar surface area (TPSA) is 38.7 Å². The summed E-state index contributed by atoms with van der Waals surface area (Å²) in [7, 11) is 3.25. The van der Waals surface area contributed by atoms with E-state index in [4.69, 9.17) is 5.11 Å². The molecule has 0 saturated heterocycles. The molecule has 0 aliphatic rings. The van der Waals surface area contributed by atoms with Gasteiger partial charge >= 0.3 is 0 Å². The molecule has 0 fully saturated rings. The minimum atomic E-state index is -0.00972. The van der Waals surface area contributed by atoms with Gasteiger partial charge in [-0.05, 0) is 0 Å². The Bertz CT molecular complexity index is 65.2. The summed E-state index contributed by atoms with van der Waals surface area (Å²) in [6.07, 6.45) is 6.54. The van der Waals surface area contributed by atoms with Gasteiger partial charge in [-0.15, -0.1) is 0 Å². The fourth-order valence-electron chi connectivity index (χ4n) is 0.105. The molecule has 0 radical (unpaired) electrons. The van der Waals surface area contributed by atoms with Gasteiger partial charge in [-0.1, -0.05) is 6.42 Å². The van der Waals surface area contributed by atoms with Crippen LogP contribution < -0.4 is 0 Å². The molecule has 0 atom stereocenters. The van der Waals surface area contributed by atoms with E-state index in [0.717, 1.165) is 0 Å². The van der Waals surface area contributed by atoms with E-state index in [-0.39, 0.29) is 13.2 Å². The highest BCUT2D eigenvalue weighted by Gasteiger charge is 1.70. The van der Waals surface area contributed by atoms with Crippen LogP contribution in [0.15, 0.2) is 0 Å². The molecule has 0 aliphatic heterocycles. The van der Waals surface area contributed by atoms with Crippen LogP contribution in [-0.4, -0.2) is 32.5 Å². The summed E-state index contributed by atoms with van der Waals surface area (Å²) in [4.78, 5) is 0. The van der Waals surface area contributed by atoms with E-state index in [1.807, 2.05) is 6.11 Å². The molecule has 9 heavy (non-hydrogen) atoms. The molecule has 0 heterocycles. The van der Waals surface area contributed by atoms with Gasteiger partial charge in [0.05, 0.1) is 6.61 Å². The van der Waals surface area contributed by atoms with Crippen molar-refractivity contribution in [2.45, 2.75) is 0 Å². The highest BCUT2D eigenvalue weighted by Crippen LogP contribution is 1.61. The van der Waals surface area contributed by atoms with Crippen molar-refractivity contribution in [1.29, 1.82) is 0 Å². The zero-order valence-electron chi connectivity index (χ0n) is 5.76. The molecular formula is C6H12O3. The lowest BCUT2D eigenvalue weighted by molar-refractivity contribution is 0.181. The third kappa shape index (κ3) is 39.0. The molecule has 0 amide bonds. The average molecular weight is 132 g/mol. The van der Waals surface area contributed by atoms with Crippen LogP contribution in [0.5, 0.6) is 0 Å². The summed E-state index contributed by atoms with van der Waals surface area (Å²) >= 11 is 0. The van der Waals surface area contributed by atoms with E-state index < -0.39 is 0 Å². The molecule has 54 valence electrons. The van der Waals surface area contributed by atoms with Crippen LogP contribution >= 0.6 is 0 Å². The first-order valence-corrected chi connectivity index (χ1v) is 2.41. The van der Waals surface area contributed by atoms with Crippen molar-refractivity contribution in [3.8, 4) is 12.5 Å². The molecule has 0 aromatic heterocycles. The van der Waals surface area contributed by atoms with Crippen LogP contribution in [0.4, 0.5) is 0 Å². The number of ether oxygens (including phenoxy) is 2. The van der Waals surface area contributed by atoms with Crippen LogP contribution in [0.3, 0.4) is 0 Å². The number of hydrogen-bond donors (Lipinski definition) is 1. The van der Waals surface area contributed by atoms with E-state index in [2.05, 4.69) is 15.9 Å². The first kappa shape index (κ1) is 11.1. The summed E-state index contributed by atoms with van der Waals surface area (Å²) in [6, 6.07) is 0. The summed E-state index contributed by atoms with van der Waals surface area (Å²) in [5, 5.41) is 7.98. The van der Waals surface area contributed by atoms with Gasteiger partial charge in [0.1, 0.15) is 12.7 Å². The molecular weight excluding hydrogens is 120 g/mol. The lowest BCUT2D eigenvalue weighted by Crippen LogP contribution is -1.91. The number of terminal acetylenes is 1. The second-order valence-corrected chi connectivity index (χ2v) is 1.10. The van der Waals surface area contributed by atoms with Gasteiger partial charge in [0.2, 0.25) is 0 Å². The molecule has 3 heteroatoms. The molecule has 0 spiro atoms. The van der Waals surface area contributed by atoms with Crippen LogP contribution in [0.2, 0.25) is 0 Å². The molecule has 0 aliphatic carbocycles. The lowest BCUT2D eigenvalue weighted by Gasteiger charge is -1.86. The maximum atomic E-state index is 7.98. The highest BCUT2D eigenvalue weighted by molar-refractivity contribution is 4.67. The second kappa shape index (κ2) is 15.7. The van der Waals surface area contributed by atoms with Crippen molar-refractivity contribution < 1.29 is 14.6 Å². The number of rotatable bonds is 2. The summed E-state index contributed by atoms with van der Waals surface area (Å²) < 4.78 is 8.51. The second-order valence-electron chi connectivity index (χ2n) is 1.10.